The van der Waals surface area contributed by atoms with Crippen LogP contribution in [0.3, 0.4) is 0 Å². The normalized spacial score (nSPS) is 19.6. The van der Waals surface area contributed by atoms with Crippen LogP contribution in [0.1, 0.15) is 51.1 Å². The molecule has 1 atom stereocenters. The van der Waals surface area contributed by atoms with Gasteiger partial charge in [-0.05, 0) is 44.2 Å². The molecule has 106 valence electrons. The average molecular weight is 264 g/mol. The molecule has 1 aromatic heterocycles. The van der Waals surface area contributed by atoms with Gasteiger partial charge in [-0.15, -0.1) is 0 Å². The molecule has 0 saturated carbocycles. The van der Waals surface area contributed by atoms with Crippen molar-refractivity contribution in [2.24, 2.45) is 5.92 Å². The molecule has 1 amide bonds. The number of aromatic nitrogens is 2. The molecule has 3 N–H and O–H groups in total. The topological polar surface area (TPSA) is 69.8 Å². The second kappa shape index (κ2) is 6.70. The van der Waals surface area contributed by atoms with E-state index in [2.05, 4.69) is 34.7 Å². The summed E-state index contributed by atoms with van der Waals surface area (Å²) in [6, 6.07) is 1.91. The van der Waals surface area contributed by atoms with Crippen LogP contribution in [0.25, 0.3) is 0 Å². The summed E-state index contributed by atoms with van der Waals surface area (Å²) in [4.78, 5) is 11.8. The lowest BCUT2D eigenvalue weighted by Crippen LogP contribution is -2.30. The lowest BCUT2D eigenvalue weighted by Gasteiger charge is -2.22. The molecule has 5 heteroatoms. The Kier molecular flexibility index (Phi) is 4.96. The average Bonchev–Trinajstić information content (AvgIpc) is 2.86. The third kappa shape index (κ3) is 4.35. The minimum absolute atomic E-state index is 0.0624. The molecule has 0 bridgehead atoms. The second-order valence-electron chi connectivity index (χ2n) is 5.66. The van der Waals surface area contributed by atoms with Gasteiger partial charge in [0.25, 0.3) is 0 Å². The van der Waals surface area contributed by atoms with E-state index in [0.29, 0.717) is 24.1 Å². The van der Waals surface area contributed by atoms with E-state index in [-0.39, 0.29) is 5.91 Å². The standard InChI is InChI=1S/C14H24N4O/c1-10(2)12-8-13(18-17-12)16-14(19)6-5-11-4-3-7-15-9-11/h8,10-11,15H,3-7,9H2,1-2H3,(H2,16,17,18,19). The molecule has 2 heterocycles. The van der Waals surface area contributed by atoms with Crippen molar-refractivity contribution in [2.75, 3.05) is 18.4 Å². The van der Waals surface area contributed by atoms with Gasteiger partial charge < -0.3 is 10.6 Å². The van der Waals surface area contributed by atoms with Gasteiger partial charge in [-0.1, -0.05) is 13.8 Å². The number of rotatable bonds is 5. The number of amides is 1. The Morgan fingerprint density at radius 3 is 3.05 bits per heavy atom. The van der Waals surface area contributed by atoms with Crippen LogP contribution in [0.15, 0.2) is 6.07 Å². The maximum Gasteiger partial charge on any atom is 0.225 e. The molecule has 1 aliphatic rings. The molecule has 19 heavy (non-hydrogen) atoms. The highest BCUT2D eigenvalue weighted by Gasteiger charge is 2.15. The van der Waals surface area contributed by atoms with Crippen LogP contribution in [0.4, 0.5) is 5.82 Å². The van der Waals surface area contributed by atoms with Crippen molar-refractivity contribution in [3.05, 3.63) is 11.8 Å². The molecule has 1 unspecified atom stereocenters. The number of piperidine rings is 1. The van der Waals surface area contributed by atoms with Gasteiger partial charge in [0.1, 0.15) is 0 Å². The van der Waals surface area contributed by atoms with E-state index in [0.717, 1.165) is 25.2 Å². The van der Waals surface area contributed by atoms with Crippen LogP contribution >= 0.6 is 0 Å². The monoisotopic (exact) mass is 264 g/mol. The van der Waals surface area contributed by atoms with Crippen molar-refractivity contribution >= 4 is 11.7 Å². The highest BCUT2D eigenvalue weighted by molar-refractivity contribution is 5.89. The van der Waals surface area contributed by atoms with Gasteiger partial charge >= 0.3 is 0 Å². The van der Waals surface area contributed by atoms with Gasteiger partial charge in [0, 0.05) is 18.2 Å². The minimum atomic E-state index is 0.0624. The summed E-state index contributed by atoms with van der Waals surface area (Å²) in [5, 5.41) is 13.3. The fourth-order valence-electron chi connectivity index (χ4n) is 2.41. The zero-order chi connectivity index (χ0) is 13.7. The van der Waals surface area contributed by atoms with Crippen molar-refractivity contribution in [3.8, 4) is 0 Å². The van der Waals surface area contributed by atoms with Crippen molar-refractivity contribution in [3.63, 3.8) is 0 Å². The Hall–Kier alpha value is -1.36. The number of nitrogens with zero attached hydrogens (tertiary/aromatic N) is 1. The van der Waals surface area contributed by atoms with Gasteiger partial charge in [-0.25, -0.2) is 0 Å². The summed E-state index contributed by atoms with van der Waals surface area (Å²) < 4.78 is 0. The predicted molar refractivity (Wildman–Crippen MR) is 76.1 cm³/mol. The van der Waals surface area contributed by atoms with Crippen molar-refractivity contribution in [2.45, 2.75) is 45.4 Å². The zero-order valence-corrected chi connectivity index (χ0v) is 11.8. The molecule has 1 aromatic rings. The number of nitrogens with one attached hydrogen (secondary N) is 3. The Labute approximate surface area is 114 Å². The van der Waals surface area contributed by atoms with Crippen LogP contribution in [-0.2, 0) is 4.79 Å². The summed E-state index contributed by atoms with van der Waals surface area (Å²) in [6.07, 6.45) is 4.00. The van der Waals surface area contributed by atoms with E-state index in [1.807, 2.05) is 6.07 Å². The molecular formula is C14H24N4O. The molecular weight excluding hydrogens is 240 g/mol. The fraction of sp³-hybridized carbons (Fsp3) is 0.714. The molecule has 1 aliphatic heterocycles. The Morgan fingerprint density at radius 2 is 2.42 bits per heavy atom. The van der Waals surface area contributed by atoms with Crippen LogP contribution < -0.4 is 10.6 Å². The third-order valence-electron chi connectivity index (χ3n) is 3.67. The number of anilines is 1. The molecule has 0 radical (unpaired) electrons. The number of hydrogen-bond donors (Lipinski definition) is 3. The number of carbonyl (C=O) groups excluding carboxylic acids is 1. The van der Waals surface area contributed by atoms with Gasteiger partial charge in [0.2, 0.25) is 5.91 Å². The zero-order valence-electron chi connectivity index (χ0n) is 11.8. The van der Waals surface area contributed by atoms with Crippen LogP contribution in [0.5, 0.6) is 0 Å². The number of carbonyl (C=O) groups is 1. The number of H-pyrrole nitrogens is 1. The first-order valence-corrected chi connectivity index (χ1v) is 7.21. The number of aromatic amines is 1. The fourth-order valence-corrected chi connectivity index (χ4v) is 2.41. The first-order chi connectivity index (χ1) is 9.15. The molecule has 2 rings (SSSR count). The maximum atomic E-state index is 11.8. The first-order valence-electron chi connectivity index (χ1n) is 7.21. The Bertz CT molecular complexity index is 407. The first kappa shape index (κ1) is 14.1. The van der Waals surface area contributed by atoms with E-state index < -0.39 is 0 Å². The molecule has 0 spiro atoms. The van der Waals surface area contributed by atoms with E-state index in [4.69, 9.17) is 0 Å². The molecule has 1 fully saturated rings. The van der Waals surface area contributed by atoms with Crippen molar-refractivity contribution in [1.29, 1.82) is 0 Å². The summed E-state index contributed by atoms with van der Waals surface area (Å²) in [7, 11) is 0. The summed E-state index contributed by atoms with van der Waals surface area (Å²) in [5.74, 6) is 1.74. The molecule has 0 aromatic carbocycles. The van der Waals surface area contributed by atoms with Gasteiger partial charge in [0.05, 0.1) is 0 Å². The van der Waals surface area contributed by atoms with Gasteiger partial charge in [-0.2, -0.15) is 5.10 Å². The van der Waals surface area contributed by atoms with Crippen molar-refractivity contribution in [1.82, 2.24) is 15.5 Å². The van der Waals surface area contributed by atoms with E-state index >= 15 is 0 Å². The van der Waals surface area contributed by atoms with Crippen molar-refractivity contribution < 1.29 is 4.79 Å². The van der Waals surface area contributed by atoms with Crippen LogP contribution in [-0.4, -0.2) is 29.2 Å². The van der Waals surface area contributed by atoms with E-state index in [9.17, 15) is 4.79 Å². The van der Waals surface area contributed by atoms with E-state index in [1.54, 1.807) is 0 Å². The lowest BCUT2D eigenvalue weighted by atomic mass is 9.94. The minimum Gasteiger partial charge on any atom is -0.316 e. The van der Waals surface area contributed by atoms with Crippen LogP contribution in [0.2, 0.25) is 0 Å². The molecule has 1 saturated heterocycles. The molecule has 5 nitrogen and oxygen atoms in total. The summed E-state index contributed by atoms with van der Waals surface area (Å²) >= 11 is 0. The highest BCUT2D eigenvalue weighted by atomic mass is 16.1. The smallest absolute Gasteiger partial charge is 0.225 e. The highest BCUT2D eigenvalue weighted by Crippen LogP contribution is 2.17. The lowest BCUT2D eigenvalue weighted by molar-refractivity contribution is -0.116. The molecule has 0 aliphatic carbocycles. The largest absolute Gasteiger partial charge is 0.316 e. The summed E-state index contributed by atoms with van der Waals surface area (Å²) in [5.41, 5.74) is 1.05. The van der Waals surface area contributed by atoms with Crippen LogP contribution in [0, 0.1) is 5.92 Å². The van der Waals surface area contributed by atoms with E-state index in [1.165, 1.54) is 12.8 Å². The Morgan fingerprint density at radius 1 is 1.58 bits per heavy atom. The number of hydrogen-bond acceptors (Lipinski definition) is 3. The third-order valence-corrected chi connectivity index (χ3v) is 3.67. The predicted octanol–water partition coefficient (Wildman–Crippen LogP) is 2.25. The van der Waals surface area contributed by atoms with Gasteiger partial charge in [-0.3, -0.25) is 9.89 Å². The van der Waals surface area contributed by atoms with Gasteiger partial charge in [0.15, 0.2) is 5.82 Å². The SMILES string of the molecule is CC(C)c1cc(NC(=O)CCC2CCCNC2)n[nH]1. The quantitative estimate of drug-likeness (QED) is 0.764. The maximum absolute atomic E-state index is 11.8. The second-order valence-corrected chi connectivity index (χ2v) is 5.66. The summed E-state index contributed by atoms with van der Waals surface area (Å²) in [6.45, 7) is 6.35. The Balaban J connectivity index is 1.73.